The molecule has 0 fully saturated rings. The lowest BCUT2D eigenvalue weighted by molar-refractivity contribution is -0.153. The molecule has 3 rings (SSSR count). The van der Waals surface area contributed by atoms with Gasteiger partial charge in [0.2, 0.25) is 10.0 Å². The number of benzene rings is 2. The lowest BCUT2D eigenvalue weighted by atomic mass is 10.2. The first kappa shape index (κ1) is 23.8. The first-order valence-corrected chi connectivity index (χ1v) is 11.7. The molecule has 0 aliphatic heterocycles. The molecule has 0 radical (unpaired) electrons. The van der Waals surface area contributed by atoms with E-state index in [9.17, 15) is 26.4 Å². The van der Waals surface area contributed by atoms with Crippen LogP contribution in [-0.2, 0) is 23.1 Å². The van der Waals surface area contributed by atoms with E-state index in [2.05, 4.69) is 14.8 Å². The number of amides is 1. The van der Waals surface area contributed by atoms with E-state index >= 15 is 0 Å². The van der Waals surface area contributed by atoms with Crippen LogP contribution >= 0.6 is 11.3 Å². The van der Waals surface area contributed by atoms with Crippen LogP contribution in [0.15, 0.2) is 70.9 Å². The molecular weight excluding hydrogens is 465 g/mol. The predicted octanol–water partition coefficient (Wildman–Crippen LogP) is 4.10. The summed E-state index contributed by atoms with van der Waals surface area (Å²) in [7, 11) is -3.80. The van der Waals surface area contributed by atoms with E-state index in [1.165, 1.54) is 59.9 Å². The van der Waals surface area contributed by atoms with Crippen molar-refractivity contribution >= 4 is 27.3 Å². The van der Waals surface area contributed by atoms with Gasteiger partial charge < -0.3 is 10.1 Å². The molecule has 2 N–H and O–H groups in total. The highest BCUT2D eigenvalue weighted by atomic mass is 32.2. The zero-order valence-corrected chi connectivity index (χ0v) is 18.2. The van der Waals surface area contributed by atoms with E-state index in [-0.39, 0.29) is 29.3 Å². The number of hydrogen-bond donors (Lipinski definition) is 2. The highest BCUT2D eigenvalue weighted by Crippen LogP contribution is 2.19. The van der Waals surface area contributed by atoms with Crippen molar-refractivity contribution in [2.24, 2.45) is 0 Å². The van der Waals surface area contributed by atoms with Crippen molar-refractivity contribution in [3.63, 3.8) is 0 Å². The van der Waals surface area contributed by atoms with Crippen molar-refractivity contribution in [3.05, 3.63) is 82.0 Å². The van der Waals surface area contributed by atoms with Gasteiger partial charge in [0, 0.05) is 23.5 Å². The molecule has 6 nitrogen and oxygen atoms in total. The summed E-state index contributed by atoms with van der Waals surface area (Å²) in [5.41, 5.74) is 0.799. The predicted molar refractivity (Wildman–Crippen MR) is 114 cm³/mol. The van der Waals surface area contributed by atoms with E-state index in [4.69, 9.17) is 0 Å². The summed E-state index contributed by atoms with van der Waals surface area (Å²) in [4.78, 5) is 13.3. The second-order valence-corrected chi connectivity index (χ2v) is 9.46. The summed E-state index contributed by atoms with van der Waals surface area (Å²) in [5, 5.41) is 4.50. The van der Waals surface area contributed by atoms with E-state index in [0.717, 1.165) is 4.88 Å². The van der Waals surface area contributed by atoms with Crippen molar-refractivity contribution in [2.45, 2.75) is 24.2 Å². The van der Waals surface area contributed by atoms with E-state index in [1.54, 1.807) is 0 Å². The number of hydrogen-bond acceptors (Lipinski definition) is 5. The second kappa shape index (κ2) is 10.2. The number of nitrogens with one attached hydrogen (secondary N) is 2. The van der Waals surface area contributed by atoms with Crippen molar-refractivity contribution in [1.29, 1.82) is 0 Å². The van der Waals surface area contributed by atoms with Crippen LogP contribution in [0, 0.1) is 0 Å². The van der Waals surface area contributed by atoms with Crippen LogP contribution in [0.5, 0.6) is 5.75 Å². The molecular formula is C21H19F3N2O4S2. The van der Waals surface area contributed by atoms with E-state index in [0.29, 0.717) is 5.56 Å². The number of rotatable bonds is 9. The number of sulfonamides is 1. The van der Waals surface area contributed by atoms with Gasteiger partial charge in [0.05, 0.1) is 4.90 Å². The Kier molecular flexibility index (Phi) is 7.54. The average molecular weight is 485 g/mol. The van der Waals surface area contributed by atoms with Gasteiger partial charge in [-0.3, -0.25) is 4.79 Å². The largest absolute Gasteiger partial charge is 0.484 e. The summed E-state index contributed by atoms with van der Waals surface area (Å²) < 4.78 is 68.7. The Morgan fingerprint density at radius 1 is 1.00 bits per heavy atom. The van der Waals surface area contributed by atoms with Crippen molar-refractivity contribution in [2.75, 3.05) is 6.61 Å². The van der Waals surface area contributed by atoms with Crippen molar-refractivity contribution in [3.8, 4) is 5.75 Å². The first-order chi connectivity index (χ1) is 15.1. The van der Waals surface area contributed by atoms with E-state index < -0.39 is 28.7 Å². The maximum absolute atomic E-state index is 12.5. The minimum absolute atomic E-state index is 0.0344. The molecule has 0 spiro atoms. The Morgan fingerprint density at radius 2 is 1.75 bits per heavy atom. The molecule has 0 bridgehead atoms. The minimum Gasteiger partial charge on any atom is -0.484 e. The van der Waals surface area contributed by atoms with Crippen LogP contribution in [0.2, 0.25) is 0 Å². The van der Waals surface area contributed by atoms with Gasteiger partial charge in [0.25, 0.3) is 5.91 Å². The molecule has 0 unspecified atom stereocenters. The highest BCUT2D eigenvalue weighted by molar-refractivity contribution is 7.89. The molecule has 2 aromatic carbocycles. The van der Waals surface area contributed by atoms with Crippen LogP contribution in [0.1, 0.15) is 20.8 Å². The third-order valence-electron chi connectivity index (χ3n) is 4.20. The van der Waals surface area contributed by atoms with Crippen LogP contribution in [0.4, 0.5) is 13.2 Å². The topological polar surface area (TPSA) is 84.5 Å². The smallest absolute Gasteiger partial charge is 0.422 e. The highest BCUT2D eigenvalue weighted by Gasteiger charge is 2.28. The van der Waals surface area contributed by atoms with Gasteiger partial charge in [-0.25, -0.2) is 13.1 Å². The second-order valence-electron chi connectivity index (χ2n) is 6.66. The lowest BCUT2D eigenvalue weighted by Gasteiger charge is -2.10. The summed E-state index contributed by atoms with van der Waals surface area (Å²) in [6, 6.07) is 15.1. The molecule has 32 heavy (non-hydrogen) atoms. The van der Waals surface area contributed by atoms with Crippen molar-refractivity contribution in [1.82, 2.24) is 10.0 Å². The van der Waals surface area contributed by atoms with E-state index in [1.807, 2.05) is 17.5 Å². The molecule has 1 amide bonds. The zero-order valence-electron chi connectivity index (χ0n) is 16.6. The molecule has 0 atom stereocenters. The Labute approximate surface area is 187 Å². The van der Waals surface area contributed by atoms with Crippen LogP contribution < -0.4 is 14.8 Å². The first-order valence-electron chi connectivity index (χ1n) is 9.31. The van der Waals surface area contributed by atoms with Gasteiger partial charge in [-0.2, -0.15) is 13.2 Å². The third kappa shape index (κ3) is 7.08. The molecule has 11 heteroatoms. The minimum atomic E-state index is -4.42. The number of thiophene rings is 1. The fourth-order valence-electron chi connectivity index (χ4n) is 2.62. The molecule has 170 valence electrons. The van der Waals surface area contributed by atoms with Gasteiger partial charge in [-0.1, -0.05) is 24.3 Å². The number of carbonyl (C=O) groups is 1. The SMILES string of the molecule is O=C(NCc1ccc(OCC(F)(F)F)cc1)c1cccc(S(=O)(=O)NCc2cccs2)c1. The monoisotopic (exact) mass is 484 g/mol. The normalized spacial score (nSPS) is 11.8. The maximum atomic E-state index is 12.5. The summed E-state index contributed by atoms with van der Waals surface area (Å²) >= 11 is 1.43. The molecule has 1 aromatic heterocycles. The van der Waals surface area contributed by atoms with Crippen LogP contribution in [0.3, 0.4) is 0 Å². The number of alkyl halides is 3. The number of halogens is 3. The molecule has 0 aliphatic carbocycles. The Morgan fingerprint density at radius 3 is 2.41 bits per heavy atom. The van der Waals surface area contributed by atoms with Gasteiger partial charge in [-0.05, 0) is 47.3 Å². The van der Waals surface area contributed by atoms with Crippen LogP contribution in [-0.4, -0.2) is 27.1 Å². The summed E-state index contributed by atoms with van der Waals surface area (Å²) in [5.74, 6) is -0.428. The quantitative estimate of drug-likeness (QED) is 0.479. The number of ether oxygens (including phenoxy) is 1. The molecule has 0 saturated heterocycles. The molecule has 3 aromatic rings. The lowest BCUT2D eigenvalue weighted by Crippen LogP contribution is -2.25. The van der Waals surface area contributed by atoms with Gasteiger partial charge in [0.1, 0.15) is 5.75 Å². The Balaban J connectivity index is 1.57. The molecule has 0 saturated carbocycles. The van der Waals surface area contributed by atoms with Crippen molar-refractivity contribution < 1.29 is 31.1 Å². The maximum Gasteiger partial charge on any atom is 0.422 e. The molecule has 1 heterocycles. The fraction of sp³-hybridized carbons (Fsp3) is 0.190. The Hall–Kier alpha value is -2.89. The zero-order chi connectivity index (χ0) is 23.2. The number of carbonyl (C=O) groups excluding carboxylic acids is 1. The summed E-state index contributed by atoms with van der Waals surface area (Å²) in [6.07, 6.45) is -4.42. The van der Waals surface area contributed by atoms with Crippen LogP contribution in [0.25, 0.3) is 0 Å². The Bertz CT molecular complexity index is 1150. The average Bonchev–Trinajstić information content (AvgIpc) is 3.29. The summed E-state index contributed by atoms with van der Waals surface area (Å²) in [6.45, 7) is -1.13. The third-order valence-corrected chi connectivity index (χ3v) is 6.48. The van der Waals surface area contributed by atoms with Gasteiger partial charge in [-0.15, -0.1) is 11.3 Å². The fourth-order valence-corrected chi connectivity index (χ4v) is 4.41. The van der Waals surface area contributed by atoms with Gasteiger partial charge >= 0.3 is 6.18 Å². The van der Waals surface area contributed by atoms with Gasteiger partial charge in [0.15, 0.2) is 6.61 Å². The standard InChI is InChI=1S/C21H19F3N2O4S2/c22-21(23,24)14-30-17-8-6-15(7-9-17)12-25-20(27)16-3-1-5-19(11-16)32(28,29)26-13-18-4-2-10-31-18/h1-11,26H,12-14H2,(H,25,27). The molecule has 0 aliphatic rings.